The topological polar surface area (TPSA) is 86.8 Å². The summed E-state index contributed by atoms with van der Waals surface area (Å²) in [5.41, 5.74) is 2.76. The molecule has 0 saturated carbocycles. The molecule has 0 aromatic heterocycles. The lowest BCUT2D eigenvalue weighted by Crippen LogP contribution is -2.53. The van der Waals surface area contributed by atoms with Gasteiger partial charge in [0.25, 0.3) is 10.0 Å². The molecular weight excluding hydrogens is 629 g/mol. The summed E-state index contributed by atoms with van der Waals surface area (Å²) < 4.78 is 29.2. The van der Waals surface area contributed by atoms with Crippen molar-refractivity contribution < 1.29 is 18.0 Å². The van der Waals surface area contributed by atoms with Crippen LogP contribution in [0.3, 0.4) is 0 Å². The van der Waals surface area contributed by atoms with Crippen LogP contribution in [-0.2, 0) is 32.6 Å². The van der Waals surface area contributed by atoms with Gasteiger partial charge in [-0.15, -0.1) is 0 Å². The molecule has 0 saturated heterocycles. The van der Waals surface area contributed by atoms with E-state index in [0.29, 0.717) is 6.54 Å². The zero-order chi connectivity index (χ0) is 32.6. The third-order valence-corrected chi connectivity index (χ3v) is 9.53. The highest BCUT2D eigenvalue weighted by Gasteiger charge is 2.35. The van der Waals surface area contributed by atoms with Crippen LogP contribution in [0, 0.1) is 12.8 Å². The van der Waals surface area contributed by atoms with Gasteiger partial charge in [-0.3, -0.25) is 13.9 Å². The second-order valence-electron chi connectivity index (χ2n) is 11.2. The molecule has 236 valence electrons. The largest absolute Gasteiger partial charge is 0.354 e. The number of hydrogen-bond acceptors (Lipinski definition) is 4. The van der Waals surface area contributed by atoms with E-state index in [2.05, 4.69) is 5.32 Å². The van der Waals surface area contributed by atoms with Crippen molar-refractivity contribution in [1.82, 2.24) is 10.2 Å². The number of nitrogens with one attached hydrogen (secondary N) is 1. The lowest BCUT2D eigenvalue weighted by atomic mass is 10.0. The molecule has 0 bridgehead atoms. The van der Waals surface area contributed by atoms with E-state index in [1.807, 2.05) is 75.4 Å². The highest BCUT2D eigenvalue weighted by molar-refractivity contribution is 7.92. The van der Waals surface area contributed by atoms with Gasteiger partial charge in [0.1, 0.15) is 12.6 Å². The van der Waals surface area contributed by atoms with Crippen molar-refractivity contribution in [3.63, 3.8) is 0 Å². The summed E-state index contributed by atoms with van der Waals surface area (Å²) in [7, 11) is -4.26. The maximum Gasteiger partial charge on any atom is 0.264 e. The summed E-state index contributed by atoms with van der Waals surface area (Å²) in [6, 6.07) is 28.3. The van der Waals surface area contributed by atoms with E-state index in [9.17, 15) is 18.0 Å². The van der Waals surface area contributed by atoms with Gasteiger partial charge in [0, 0.05) is 29.6 Å². The highest BCUT2D eigenvalue weighted by Crippen LogP contribution is 2.30. The Bertz CT molecular complexity index is 1700. The van der Waals surface area contributed by atoms with Crippen LogP contribution in [0.2, 0.25) is 10.0 Å². The zero-order valence-electron chi connectivity index (χ0n) is 25.5. The van der Waals surface area contributed by atoms with Crippen LogP contribution < -0.4 is 9.62 Å². The summed E-state index contributed by atoms with van der Waals surface area (Å²) in [6.07, 6.45) is 0.233. The van der Waals surface area contributed by atoms with Crippen LogP contribution in [0.1, 0.15) is 30.5 Å². The Kier molecular flexibility index (Phi) is 11.7. The molecule has 0 aliphatic rings. The van der Waals surface area contributed by atoms with Crippen molar-refractivity contribution in [2.24, 2.45) is 5.92 Å². The molecular formula is C35H37Cl2N3O4S. The number of anilines is 1. The number of hydrogen-bond donors (Lipinski definition) is 1. The molecule has 0 spiro atoms. The minimum atomic E-state index is -4.26. The van der Waals surface area contributed by atoms with Crippen LogP contribution in [0.4, 0.5) is 5.69 Å². The number of amides is 2. The van der Waals surface area contributed by atoms with Crippen molar-refractivity contribution in [2.75, 3.05) is 17.4 Å². The molecule has 0 unspecified atom stereocenters. The first-order valence-corrected chi connectivity index (χ1v) is 16.8. The fraction of sp³-hybridized carbons (Fsp3) is 0.257. The van der Waals surface area contributed by atoms with Gasteiger partial charge in [-0.2, -0.15) is 0 Å². The van der Waals surface area contributed by atoms with Crippen LogP contribution in [0.15, 0.2) is 108 Å². The van der Waals surface area contributed by atoms with Crippen molar-refractivity contribution in [3.8, 4) is 0 Å². The number of benzene rings is 4. The first-order chi connectivity index (χ1) is 21.5. The molecule has 0 aliphatic heterocycles. The number of aryl methyl sites for hydroxylation is 1. The third kappa shape index (κ3) is 9.10. The molecule has 0 fully saturated rings. The molecule has 10 heteroatoms. The molecule has 45 heavy (non-hydrogen) atoms. The predicted molar refractivity (Wildman–Crippen MR) is 181 cm³/mol. The Morgan fingerprint density at radius 2 is 1.40 bits per heavy atom. The van der Waals surface area contributed by atoms with Crippen LogP contribution in [-0.4, -0.2) is 44.3 Å². The van der Waals surface area contributed by atoms with E-state index >= 15 is 0 Å². The maximum absolute atomic E-state index is 14.5. The molecule has 1 atom stereocenters. The zero-order valence-corrected chi connectivity index (χ0v) is 27.8. The van der Waals surface area contributed by atoms with Gasteiger partial charge in [0.15, 0.2) is 0 Å². The van der Waals surface area contributed by atoms with Gasteiger partial charge in [-0.1, -0.05) is 110 Å². The molecule has 0 heterocycles. The molecule has 4 aromatic carbocycles. The van der Waals surface area contributed by atoms with Crippen molar-refractivity contribution >= 4 is 50.7 Å². The highest BCUT2D eigenvalue weighted by atomic mass is 35.5. The van der Waals surface area contributed by atoms with Crippen LogP contribution >= 0.6 is 23.2 Å². The van der Waals surface area contributed by atoms with E-state index < -0.39 is 28.5 Å². The summed E-state index contributed by atoms with van der Waals surface area (Å²) in [4.78, 5) is 29.9. The number of rotatable bonds is 13. The molecule has 0 aliphatic carbocycles. The van der Waals surface area contributed by atoms with E-state index in [4.69, 9.17) is 23.2 Å². The van der Waals surface area contributed by atoms with Crippen molar-refractivity contribution in [3.05, 3.63) is 130 Å². The number of nitrogens with zero attached hydrogens (tertiary/aromatic N) is 2. The first kappa shape index (κ1) is 34.0. The first-order valence-electron chi connectivity index (χ1n) is 14.6. The number of carbonyl (C=O) groups excluding carboxylic acids is 2. The van der Waals surface area contributed by atoms with Crippen molar-refractivity contribution in [2.45, 2.75) is 44.7 Å². The second kappa shape index (κ2) is 15.4. The summed E-state index contributed by atoms with van der Waals surface area (Å²) >= 11 is 12.6. The minimum absolute atomic E-state index is 0.00476. The molecule has 2 amide bonds. The number of sulfonamides is 1. The Morgan fingerprint density at radius 1 is 0.822 bits per heavy atom. The average molecular weight is 667 g/mol. The minimum Gasteiger partial charge on any atom is -0.354 e. The SMILES string of the molecule is Cc1ccccc1CN(C(=O)CN(c1cc(Cl)cc(Cl)c1)S(=O)(=O)c1ccccc1)[C@@H](Cc1ccccc1)C(=O)NCC(C)C. The smallest absolute Gasteiger partial charge is 0.264 e. The molecule has 7 nitrogen and oxygen atoms in total. The monoisotopic (exact) mass is 665 g/mol. The summed E-state index contributed by atoms with van der Waals surface area (Å²) in [5.74, 6) is -0.696. The summed E-state index contributed by atoms with van der Waals surface area (Å²) in [5, 5.41) is 3.42. The lowest BCUT2D eigenvalue weighted by Gasteiger charge is -2.34. The number of halogens is 2. The summed E-state index contributed by atoms with van der Waals surface area (Å²) in [6.45, 7) is 5.84. The van der Waals surface area contributed by atoms with Crippen LogP contribution in [0.5, 0.6) is 0 Å². The fourth-order valence-electron chi connectivity index (χ4n) is 4.88. The van der Waals surface area contributed by atoms with Gasteiger partial charge >= 0.3 is 0 Å². The van der Waals surface area contributed by atoms with E-state index in [1.54, 1.807) is 18.2 Å². The Morgan fingerprint density at radius 3 is 2.00 bits per heavy atom. The molecule has 4 aromatic rings. The van der Waals surface area contributed by atoms with E-state index in [0.717, 1.165) is 21.0 Å². The third-order valence-electron chi connectivity index (χ3n) is 7.30. The second-order valence-corrected chi connectivity index (χ2v) is 14.0. The van der Waals surface area contributed by atoms with Gasteiger partial charge in [-0.05, 0) is 59.9 Å². The Labute approximate surface area is 275 Å². The molecule has 1 N–H and O–H groups in total. The Hall–Kier alpha value is -3.85. The van der Waals surface area contributed by atoms with Crippen LogP contribution in [0.25, 0.3) is 0 Å². The normalized spacial score (nSPS) is 12.0. The van der Waals surface area contributed by atoms with Gasteiger partial charge < -0.3 is 10.2 Å². The Balaban J connectivity index is 1.82. The van der Waals surface area contributed by atoms with Gasteiger partial charge in [0.05, 0.1) is 10.6 Å². The van der Waals surface area contributed by atoms with Gasteiger partial charge in [-0.25, -0.2) is 8.42 Å². The standard InChI is InChI=1S/C35H37Cl2N3O4S/c1-25(2)22-38-35(42)33(18-27-13-6-4-7-14-27)39(23-28-15-11-10-12-26(28)3)34(41)24-40(31-20-29(36)19-30(37)21-31)45(43,44)32-16-8-5-9-17-32/h4-17,19-21,25,33H,18,22-24H2,1-3H3,(H,38,42)/t33-/m0/s1. The van der Waals surface area contributed by atoms with Crippen molar-refractivity contribution in [1.29, 1.82) is 0 Å². The quantitative estimate of drug-likeness (QED) is 0.168. The number of carbonyl (C=O) groups is 2. The lowest BCUT2D eigenvalue weighted by molar-refractivity contribution is -0.140. The average Bonchev–Trinajstić information content (AvgIpc) is 3.01. The van der Waals surface area contributed by atoms with Gasteiger partial charge in [0.2, 0.25) is 11.8 Å². The van der Waals surface area contributed by atoms with E-state index in [-0.39, 0.29) is 45.4 Å². The molecule has 4 rings (SSSR count). The van der Waals surface area contributed by atoms with E-state index in [1.165, 1.54) is 35.2 Å². The predicted octanol–water partition coefficient (Wildman–Crippen LogP) is 6.91. The fourth-order valence-corrected chi connectivity index (χ4v) is 6.81. The molecule has 0 radical (unpaired) electrons. The maximum atomic E-state index is 14.5.